The zero-order valence-electron chi connectivity index (χ0n) is 13.2. The Labute approximate surface area is 126 Å². The molecule has 2 atom stereocenters. The Bertz CT molecular complexity index is 405. The molecule has 6 nitrogen and oxygen atoms in total. The van der Waals surface area contributed by atoms with Crippen molar-refractivity contribution in [1.29, 1.82) is 0 Å². The lowest BCUT2D eigenvalue weighted by atomic mass is 10.0. The minimum absolute atomic E-state index is 0.260. The summed E-state index contributed by atoms with van der Waals surface area (Å²) in [5.41, 5.74) is -0.480. The quantitative estimate of drug-likeness (QED) is 0.841. The average molecular weight is 298 g/mol. The molecule has 2 rings (SSSR count). The number of nitrogens with zero attached hydrogens (tertiary/aromatic N) is 2. The molecule has 0 bridgehead atoms. The van der Waals surface area contributed by atoms with Crippen LogP contribution < -0.4 is 0 Å². The van der Waals surface area contributed by atoms with Gasteiger partial charge in [0.05, 0.1) is 5.92 Å². The molecule has 0 aromatic heterocycles. The van der Waals surface area contributed by atoms with Crippen molar-refractivity contribution in [3.63, 3.8) is 0 Å². The molecule has 21 heavy (non-hydrogen) atoms. The Hall–Kier alpha value is -1.30. The average Bonchev–Trinajstić information content (AvgIpc) is 2.86. The Morgan fingerprint density at radius 1 is 1.14 bits per heavy atom. The van der Waals surface area contributed by atoms with Gasteiger partial charge in [0.1, 0.15) is 5.60 Å². The fourth-order valence-electron chi connectivity index (χ4n) is 3.07. The normalized spacial score (nSPS) is 27.7. The van der Waals surface area contributed by atoms with Gasteiger partial charge in [-0.3, -0.25) is 9.69 Å². The third-order valence-electron chi connectivity index (χ3n) is 4.13. The fraction of sp³-hybridized carbons (Fsp3) is 0.867. The first-order valence-corrected chi connectivity index (χ1v) is 7.71. The zero-order valence-corrected chi connectivity index (χ0v) is 13.2. The maximum atomic E-state index is 12.1. The van der Waals surface area contributed by atoms with Gasteiger partial charge in [0.15, 0.2) is 0 Å². The van der Waals surface area contributed by atoms with Crippen LogP contribution in [0.5, 0.6) is 0 Å². The van der Waals surface area contributed by atoms with Gasteiger partial charge >= 0.3 is 12.1 Å². The molecular weight excluding hydrogens is 272 g/mol. The Balaban J connectivity index is 1.89. The number of carboxylic acids is 1. The van der Waals surface area contributed by atoms with Gasteiger partial charge in [-0.15, -0.1) is 0 Å². The number of ether oxygens (including phenoxy) is 1. The van der Waals surface area contributed by atoms with E-state index in [9.17, 15) is 9.59 Å². The number of carbonyl (C=O) groups is 2. The molecule has 6 heteroatoms. The summed E-state index contributed by atoms with van der Waals surface area (Å²) in [7, 11) is 0. The second-order valence-corrected chi connectivity index (χ2v) is 7.04. The van der Waals surface area contributed by atoms with Crippen LogP contribution >= 0.6 is 0 Å². The third-order valence-corrected chi connectivity index (χ3v) is 4.13. The third kappa shape index (κ3) is 4.33. The van der Waals surface area contributed by atoms with Crippen molar-refractivity contribution in [3.05, 3.63) is 0 Å². The van der Waals surface area contributed by atoms with E-state index in [4.69, 9.17) is 9.84 Å². The van der Waals surface area contributed by atoms with Crippen molar-refractivity contribution in [3.8, 4) is 0 Å². The van der Waals surface area contributed by atoms with E-state index in [1.54, 1.807) is 4.90 Å². The molecule has 0 saturated carbocycles. The Morgan fingerprint density at radius 2 is 1.86 bits per heavy atom. The summed E-state index contributed by atoms with van der Waals surface area (Å²) in [6, 6.07) is 0.260. The van der Waals surface area contributed by atoms with Gasteiger partial charge in [0.2, 0.25) is 0 Å². The molecular formula is C15H26N2O4. The molecule has 2 saturated heterocycles. The molecule has 2 aliphatic heterocycles. The largest absolute Gasteiger partial charge is 0.481 e. The van der Waals surface area contributed by atoms with Crippen LogP contribution in [0.1, 0.15) is 40.0 Å². The van der Waals surface area contributed by atoms with Crippen LogP contribution in [-0.2, 0) is 9.53 Å². The van der Waals surface area contributed by atoms with E-state index in [-0.39, 0.29) is 18.1 Å². The molecule has 2 aliphatic rings. The maximum absolute atomic E-state index is 12.1. The Kier molecular flexibility index (Phi) is 4.76. The van der Waals surface area contributed by atoms with Crippen molar-refractivity contribution in [2.45, 2.75) is 51.7 Å². The molecule has 2 unspecified atom stereocenters. The smallest absolute Gasteiger partial charge is 0.410 e. The number of piperidine rings is 1. The van der Waals surface area contributed by atoms with Gasteiger partial charge in [-0.2, -0.15) is 0 Å². The van der Waals surface area contributed by atoms with Crippen molar-refractivity contribution >= 4 is 12.1 Å². The second-order valence-electron chi connectivity index (χ2n) is 7.04. The van der Waals surface area contributed by atoms with E-state index in [1.165, 1.54) is 0 Å². The summed E-state index contributed by atoms with van der Waals surface area (Å²) in [5, 5.41) is 9.09. The summed E-state index contributed by atoms with van der Waals surface area (Å²) >= 11 is 0. The highest BCUT2D eigenvalue weighted by molar-refractivity contribution is 5.70. The second kappa shape index (κ2) is 6.22. The van der Waals surface area contributed by atoms with Crippen LogP contribution in [0.15, 0.2) is 0 Å². The van der Waals surface area contributed by atoms with Gasteiger partial charge in [-0.05, 0) is 46.6 Å². The number of hydrogen-bond acceptors (Lipinski definition) is 4. The minimum atomic E-state index is -0.711. The first kappa shape index (κ1) is 16.1. The number of amides is 1. The first-order valence-electron chi connectivity index (χ1n) is 7.71. The molecule has 0 aliphatic carbocycles. The summed E-state index contributed by atoms with van der Waals surface area (Å²) in [4.78, 5) is 27.2. The lowest BCUT2D eigenvalue weighted by Gasteiger charge is -2.38. The van der Waals surface area contributed by atoms with Crippen molar-refractivity contribution in [1.82, 2.24) is 9.80 Å². The number of likely N-dealkylation sites (tertiary alicyclic amines) is 2. The number of rotatable bonds is 2. The highest BCUT2D eigenvalue weighted by Gasteiger charge is 2.35. The van der Waals surface area contributed by atoms with E-state index in [0.29, 0.717) is 19.5 Å². The molecule has 0 aromatic rings. The number of carbonyl (C=O) groups excluding carboxylic acids is 1. The van der Waals surface area contributed by atoms with Gasteiger partial charge in [-0.25, -0.2) is 4.79 Å². The predicted molar refractivity (Wildman–Crippen MR) is 78.1 cm³/mol. The van der Waals surface area contributed by atoms with Gasteiger partial charge in [0, 0.05) is 25.7 Å². The van der Waals surface area contributed by atoms with E-state index < -0.39 is 11.6 Å². The number of hydrogen-bond donors (Lipinski definition) is 1. The summed E-state index contributed by atoms with van der Waals surface area (Å²) in [5.74, 6) is -0.973. The standard InChI is InChI=1S/C15H26N2O4/c1-15(2,3)21-14(20)17-7-4-5-12(10-17)16-8-6-11(9-16)13(18)19/h11-12H,4-10H2,1-3H3,(H,18,19). The maximum Gasteiger partial charge on any atom is 0.410 e. The van der Waals surface area contributed by atoms with Crippen molar-refractivity contribution < 1.29 is 19.4 Å². The lowest BCUT2D eigenvalue weighted by molar-refractivity contribution is -0.141. The lowest BCUT2D eigenvalue weighted by Crippen LogP contribution is -2.50. The molecule has 0 radical (unpaired) electrons. The zero-order chi connectivity index (χ0) is 15.6. The highest BCUT2D eigenvalue weighted by atomic mass is 16.6. The molecule has 2 fully saturated rings. The molecule has 1 N–H and O–H groups in total. The summed E-state index contributed by atoms with van der Waals surface area (Å²) < 4.78 is 5.42. The first-order chi connectivity index (χ1) is 9.76. The van der Waals surface area contributed by atoms with Crippen LogP contribution in [0.4, 0.5) is 4.79 Å². The van der Waals surface area contributed by atoms with Crippen molar-refractivity contribution in [2.24, 2.45) is 5.92 Å². The highest BCUT2D eigenvalue weighted by Crippen LogP contribution is 2.24. The van der Waals surface area contributed by atoms with Crippen LogP contribution in [-0.4, -0.2) is 64.8 Å². The van der Waals surface area contributed by atoms with Crippen molar-refractivity contribution in [2.75, 3.05) is 26.2 Å². The van der Waals surface area contributed by atoms with Crippen LogP contribution in [0.2, 0.25) is 0 Å². The topological polar surface area (TPSA) is 70.1 Å². The van der Waals surface area contributed by atoms with Gasteiger partial charge in [0.25, 0.3) is 0 Å². The summed E-state index contributed by atoms with van der Waals surface area (Å²) in [6.45, 7) is 8.37. The van der Waals surface area contributed by atoms with Gasteiger partial charge in [-0.1, -0.05) is 0 Å². The fourth-order valence-corrected chi connectivity index (χ4v) is 3.07. The van der Waals surface area contributed by atoms with E-state index in [2.05, 4.69) is 4.90 Å². The molecule has 1 amide bonds. The van der Waals surface area contributed by atoms with Gasteiger partial charge < -0.3 is 14.7 Å². The SMILES string of the molecule is CC(C)(C)OC(=O)N1CCCC(N2CCC(C(=O)O)C2)C1. The Morgan fingerprint density at radius 3 is 2.43 bits per heavy atom. The van der Waals surface area contributed by atoms with E-state index >= 15 is 0 Å². The van der Waals surface area contributed by atoms with Crippen LogP contribution in [0.3, 0.4) is 0 Å². The monoisotopic (exact) mass is 298 g/mol. The predicted octanol–water partition coefficient (Wildman–Crippen LogP) is 1.79. The van der Waals surface area contributed by atoms with E-state index in [0.717, 1.165) is 25.9 Å². The molecule has 2 heterocycles. The summed E-state index contributed by atoms with van der Waals surface area (Å²) in [6.07, 6.45) is 2.41. The van der Waals surface area contributed by atoms with Crippen LogP contribution in [0.25, 0.3) is 0 Å². The molecule has 0 spiro atoms. The number of carboxylic acid groups (broad SMARTS) is 1. The number of aliphatic carboxylic acids is 1. The van der Waals surface area contributed by atoms with Crippen LogP contribution in [0, 0.1) is 5.92 Å². The minimum Gasteiger partial charge on any atom is -0.481 e. The molecule has 0 aromatic carbocycles. The molecule has 120 valence electrons. The van der Waals surface area contributed by atoms with E-state index in [1.807, 2.05) is 20.8 Å².